The SMILES string of the molecule is NC(=O)c1ccc2oc(=O)c(=O)oc2c1C1CCCCC1. The Morgan fingerprint density at radius 2 is 1.71 bits per heavy atom. The van der Waals surface area contributed by atoms with E-state index in [1.807, 2.05) is 0 Å². The van der Waals surface area contributed by atoms with Crippen molar-refractivity contribution in [2.75, 3.05) is 0 Å². The van der Waals surface area contributed by atoms with Gasteiger partial charge in [0.1, 0.15) is 0 Å². The van der Waals surface area contributed by atoms with Crippen molar-refractivity contribution in [1.82, 2.24) is 0 Å². The number of carbonyl (C=O) groups is 1. The minimum Gasteiger partial charge on any atom is -0.414 e. The molecule has 0 unspecified atom stereocenters. The molecule has 21 heavy (non-hydrogen) atoms. The molecule has 0 atom stereocenters. The van der Waals surface area contributed by atoms with Gasteiger partial charge in [-0.1, -0.05) is 19.3 Å². The number of benzene rings is 1. The first-order chi connectivity index (χ1) is 10.1. The third kappa shape index (κ3) is 2.37. The van der Waals surface area contributed by atoms with E-state index in [9.17, 15) is 14.4 Å². The van der Waals surface area contributed by atoms with Gasteiger partial charge in [-0.2, -0.15) is 0 Å². The molecule has 1 aliphatic carbocycles. The van der Waals surface area contributed by atoms with Crippen molar-refractivity contribution in [3.63, 3.8) is 0 Å². The molecule has 0 saturated heterocycles. The highest BCUT2D eigenvalue weighted by Gasteiger charge is 2.25. The summed E-state index contributed by atoms with van der Waals surface area (Å²) < 4.78 is 10.0. The third-order valence-corrected chi connectivity index (χ3v) is 4.00. The monoisotopic (exact) mass is 289 g/mol. The smallest absolute Gasteiger partial charge is 0.414 e. The molecule has 1 heterocycles. The molecule has 1 aromatic carbocycles. The number of carbonyl (C=O) groups excluding carboxylic acids is 1. The largest absolute Gasteiger partial charge is 0.423 e. The van der Waals surface area contributed by atoms with Crippen LogP contribution in [-0.2, 0) is 0 Å². The Morgan fingerprint density at radius 3 is 2.38 bits per heavy atom. The summed E-state index contributed by atoms with van der Waals surface area (Å²) in [6.45, 7) is 0. The van der Waals surface area contributed by atoms with E-state index in [1.54, 1.807) is 0 Å². The molecule has 6 nitrogen and oxygen atoms in total. The van der Waals surface area contributed by atoms with Crippen molar-refractivity contribution in [1.29, 1.82) is 0 Å². The van der Waals surface area contributed by atoms with Crippen LogP contribution in [0.4, 0.5) is 0 Å². The van der Waals surface area contributed by atoms with Crippen LogP contribution in [0.25, 0.3) is 11.2 Å². The van der Waals surface area contributed by atoms with Gasteiger partial charge in [0, 0.05) is 11.1 Å². The molecule has 1 aliphatic rings. The van der Waals surface area contributed by atoms with E-state index in [2.05, 4.69) is 0 Å². The highest BCUT2D eigenvalue weighted by Crippen LogP contribution is 2.37. The van der Waals surface area contributed by atoms with E-state index in [-0.39, 0.29) is 17.1 Å². The molecule has 1 amide bonds. The number of nitrogens with two attached hydrogens (primary N) is 1. The second-order valence-electron chi connectivity index (χ2n) is 5.33. The van der Waals surface area contributed by atoms with E-state index >= 15 is 0 Å². The summed E-state index contributed by atoms with van der Waals surface area (Å²) in [7, 11) is 0. The van der Waals surface area contributed by atoms with Crippen LogP contribution in [0.3, 0.4) is 0 Å². The zero-order valence-corrected chi connectivity index (χ0v) is 11.4. The Morgan fingerprint density at radius 1 is 1.05 bits per heavy atom. The molecule has 2 aromatic rings. The van der Waals surface area contributed by atoms with Crippen LogP contribution < -0.4 is 17.0 Å². The molecule has 2 N–H and O–H groups in total. The van der Waals surface area contributed by atoms with Crippen LogP contribution in [0, 0.1) is 0 Å². The molecular weight excluding hydrogens is 274 g/mol. The normalized spacial score (nSPS) is 16.2. The summed E-state index contributed by atoms with van der Waals surface area (Å²) in [5.74, 6) is -0.493. The van der Waals surface area contributed by atoms with Gasteiger partial charge in [0.2, 0.25) is 5.91 Å². The van der Waals surface area contributed by atoms with Crippen molar-refractivity contribution < 1.29 is 13.6 Å². The standard InChI is InChI=1S/C15H15NO5/c16-13(17)9-6-7-10-12(21-15(19)14(18)20-10)11(9)8-4-2-1-3-5-8/h6-8H,1-5H2,(H2,16,17). The van der Waals surface area contributed by atoms with E-state index in [1.165, 1.54) is 12.1 Å². The molecule has 1 aromatic heterocycles. The van der Waals surface area contributed by atoms with Gasteiger partial charge in [-0.15, -0.1) is 0 Å². The Hall–Kier alpha value is -2.37. The fourth-order valence-electron chi connectivity index (χ4n) is 3.05. The summed E-state index contributed by atoms with van der Waals surface area (Å²) in [6, 6.07) is 2.96. The third-order valence-electron chi connectivity index (χ3n) is 4.00. The lowest BCUT2D eigenvalue weighted by atomic mass is 9.81. The van der Waals surface area contributed by atoms with Gasteiger partial charge in [-0.3, -0.25) is 4.79 Å². The van der Waals surface area contributed by atoms with E-state index in [0.29, 0.717) is 11.1 Å². The van der Waals surface area contributed by atoms with Gasteiger partial charge < -0.3 is 14.6 Å². The average Bonchev–Trinajstić information content (AvgIpc) is 2.48. The Kier molecular flexibility index (Phi) is 3.37. The molecule has 0 bridgehead atoms. The molecule has 1 fully saturated rings. The predicted octanol–water partition coefficient (Wildman–Crippen LogP) is 1.89. The van der Waals surface area contributed by atoms with Crippen molar-refractivity contribution in [2.45, 2.75) is 38.0 Å². The zero-order chi connectivity index (χ0) is 15.0. The minimum absolute atomic E-state index is 0.0841. The van der Waals surface area contributed by atoms with Gasteiger partial charge >= 0.3 is 11.3 Å². The number of rotatable bonds is 2. The Bertz CT molecular complexity index is 811. The number of hydrogen-bond donors (Lipinski definition) is 1. The Labute approximate surface area is 119 Å². The molecule has 0 spiro atoms. The zero-order valence-electron chi connectivity index (χ0n) is 11.4. The number of hydrogen-bond acceptors (Lipinski definition) is 5. The summed E-state index contributed by atoms with van der Waals surface area (Å²) in [5, 5.41) is 0. The molecule has 0 radical (unpaired) electrons. The first-order valence-electron chi connectivity index (χ1n) is 6.98. The van der Waals surface area contributed by atoms with Crippen molar-refractivity contribution in [3.8, 4) is 0 Å². The number of primary amides is 1. The van der Waals surface area contributed by atoms with Crippen molar-refractivity contribution >= 4 is 17.1 Å². The van der Waals surface area contributed by atoms with Gasteiger partial charge in [0.15, 0.2) is 11.2 Å². The fourth-order valence-corrected chi connectivity index (χ4v) is 3.05. The van der Waals surface area contributed by atoms with E-state index in [0.717, 1.165) is 32.1 Å². The van der Waals surface area contributed by atoms with E-state index in [4.69, 9.17) is 14.6 Å². The molecular formula is C15H15NO5. The lowest BCUT2D eigenvalue weighted by molar-refractivity contribution is 0.0998. The lowest BCUT2D eigenvalue weighted by Crippen LogP contribution is -2.23. The van der Waals surface area contributed by atoms with Gasteiger partial charge in [-0.25, -0.2) is 9.59 Å². The predicted molar refractivity (Wildman–Crippen MR) is 75.4 cm³/mol. The van der Waals surface area contributed by atoms with Gasteiger partial charge in [-0.05, 0) is 30.9 Å². The summed E-state index contributed by atoms with van der Waals surface area (Å²) in [6.07, 6.45) is 5.01. The highest BCUT2D eigenvalue weighted by molar-refractivity contribution is 5.98. The summed E-state index contributed by atoms with van der Waals surface area (Å²) >= 11 is 0. The number of fused-ring (bicyclic) bond motifs is 1. The summed E-state index contributed by atoms with van der Waals surface area (Å²) in [4.78, 5) is 34.4. The first kappa shape index (κ1) is 13.6. The lowest BCUT2D eigenvalue weighted by Gasteiger charge is -2.23. The topological polar surface area (TPSA) is 104 Å². The second-order valence-corrected chi connectivity index (χ2v) is 5.33. The van der Waals surface area contributed by atoms with Crippen LogP contribution >= 0.6 is 0 Å². The van der Waals surface area contributed by atoms with Gasteiger partial charge in [0.25, 0.3) is 0 Å². The minimum atomic E-state index is -1.07. The Balaban J connectivity index is 2.32. The molecule has 3 rings (SSSR count). The van der Waals surface area contributed by atoms with Crippen molar-refractivity contribution in [3.05, 3.63) is 44.1 Å². The van der Waals surface area contributed by atoms with Crippen LogP contribution in [0.1, 0.15) is 53.9 Å². The molecule has 110 valence electrons. The van der Waals surface area contributed by atoms with Crippen LogP contribution in [-0.4, -0.2) is 5.91 Å². The van der Waals surface area contributed by atoms with Crippen LogP contribution in [0.5, 0.6) is 0 Å². The second kappa shape index (κ2) is 5.20. The number of amides is 1. The maximum absolute atomic E-state index is 11.7. The molecule has 0 aliphatic heterocycles. The van der Waals surface area contributed by atoms with Crippen molar-refractivity contribution in [2.24, 2.45) is 5.73 Å². The fraction of sp³-hybridized carbons (Fsp3) is 0.400. The van der Waals surface area contributed by atoms with Crippen LogP contribution in [0.15, 0.2) is 30.6 Å². The van der Waals surface area contributed by atoms with Crippen LogP contribution in [0.2, 0.25) is 0 Å². The van der Waals surface area contributed by atoms with Gasteiger partial charge in [0.05, 0.1) is 0 Å². The summed E-state index contributed by atoms with van der Waals surface area (Å²) in [5.41, 5.74) is 4.57. The quantitative estimate of drug-likeness (QED) is 0.850. The molecule has 1 saturated carbocycles. The average molecular weight is 289 g/mol. The maximum atomic E-state index is 11.7. The highest BCUT2D eigenvalue weighted by atomic mass is 16.5. The molecule has 6 heteroatoms. The first-order valence-corrected chi connectivity index (χ1v) is 6.98. The maximum Gasteiger partial charge on any atom is 0.423 e. The van der Waals surface area contributed by atoms with E-state index < -0.39 is 17.2 Å².